The van der Waals surface area contributed by atoms with E-state index in [-0.39, 0.29) is 0 Å². The molecule has 0 saturated heterocycles. The van der Waals surface area contributed by atoms with Crippen molar-refractivity contribution in [1.82, 2.24) is 0 Å². The summed E-state index contributed by atoms with van der Waals surface area (Å²) < 4.78 is 0. The van der Waals surface area contributed by atoms with Gasteiger partial charge in [-0.15, -0.1) is 12.6 Å². The Kier molecular flexibility index (Phi) is 6.88. The van der Waals surface area contributed by atoms with Gasteiger partial charge in [0.15, 0.2) is 0 Å². The highest BCUT2D eigenvalue weighted by atomic mass is 32.1. The van der Waals surface area contributed by atoms with Gasteiger partial charge in [-0.05, 0) is 48.0 Å². The molecule has 26 heavy (non-hydrogen) atoms. The fourth-order valence-electron chi connectivity index (χ4n) is 2.14. The molecular formula is C21H22N4S. The molecule has 0 spiro atoms. The monoisotopic (exact) mass is 362 g/mol. The lowest BCUT2D eigenvalue weighted by atomic mass is 10.1. The van der Waals surface area contributed by atoms with Gasteiger partial charge in [0.05, 0.1) is 0 Å². The normalized spacial score (nSPS) is 9.58. The van der Waals surface area contributed by atoms with Crippen LogP contribution in [0.15, 0.2) is 84.3 Å². The Morgan fingerprint density at radius 3 is 2.12 bits per heavy atom. The Labute approximate surface area is 159 Å². The molecule has 0 aliphatic carbocycles. The van der Waals surface area contributed by atoms with Gasteiger partial charge in [-0.1, -0.05) is 36.9 Å². The van der Waals surface area contributed by atoms with Crippen molar-refractivity contribution in [1.29, 1.82) is 5.41 Å². The summed E-state index contributed by atoms with van der Waals surface area (Å²) in [4.78, 5) is 0.913. The van der Waals surface area contributed by atoms with Gasteiger partial charge in [0.2, 0.25) is 0 Å². The van der Waals surface area contributed by atoms with Gasteiger partial charge < -0.3 is 22.2 Å². The van der Waals surface area contributed by atoms with E-state index in [0.29, 0.717) is 11.3 Å². The van der Waals surface area contributed by atoms with Crippen molar-refractivity contribution in [3.05, 3.63) is 90.5 Å². The second kappa shape index (κ2) is 9.34. The van der Waals surface area contributed by atoms with E-state index >= 15 is 0 Å². The van der Waals surface area contributed by atoms with E-state index in [1.54, 1.807) is 6.07 Å². The molecule has 0 aliphatic rings. The van der Waals surface area contributed by atoms with Crippen LogP contribution in [-0.4, -0.2) is 6.21 Å². The van der Waals surface area contributed by atoms with E-state index in [2.05, 4.69) is 24.5 Å². The zero-order valence-corrected chi connectivity index (χ0v) is 15.2. The van der Waals surface area contributed by atoms with Crippen LogP contribution in [0.25, 0.3) is 5.70 Å². The summed E-state index contributed by atoms with van der Waals surface area (Å²) in [6.45, 7) is 4.00. The maximum Gasteiger partial charge on any atom is 0.0409 e. The highest BCUT2D eigenvalue weighted by Gasteiger charge is 2.03. The van der Waals surface area contributed by atoms with Crippen molar-refractivity contribution in [3.8, 4) is 0 Å². The third-order valence-electron chi connectivity index (χ3n) is 3.55. The third-order valence-corrected chi connectivity index (χ3v) is 3.85. The molecule has 0 aromatic heterocycles. The molecule has 4 nitrogen and oxygen atoms in total. The summed E-state index contributed by atoms with van der Waals surface area (Å²) in [6.07, 6.45) is 1.24. The summed E-state index contributed by atoms with van der Waals surface area (Å²) in [5.74, 6) is 0. The molecule has 0 radical (unpaired) electrons. The lowest BCUT2D eigenvalue weighted by Gasteiger charge is -2.11. The summed E-state index contributed by atoms with van der Waals surface area (Å²) >= 11 is 4.24. The number of nitrogen functional groups attached to an aromatic ring is 2. The number of hydrogen-bond acceptors (Lipinski definition) is 5. The summed E-state index contributed by atoms with van der Waals surface area (Å²) in [7, 11) is 0. The van der Waals surface area contributed by atoms with E-state index in [0.717, 1.165) is 27.5 Å². The molecular weight excluding hydrogens is 340 g/mol. The smallest absolute Gasteiger partial charge is 0.0409 e. The number of nitrogens with two attached hydrogens (primary N) is 2. The van der Waals surface area contributed by atoms with Crippen LogP contribution in [-0.2, 0) is 0 Å². The highest BCUT2D eigenvalue weighted by molar-refractivity contribution is 7.80. The van der Waals surface area contributed by atoms with E-state index in [1.807, 2.05) is 66.7 Å². The van der Waals surface area contributed by atoms with Gasteiger partial charge in [0, 0.05) is 39.4 Å². The van der Waals surface area contributed by atoms with Crippen molar-refractivity contribution in [3.63, 3.8) is 0 Å². The zero-order valence-electron chi connectivity index (χ0n) is 14.3. The van der Waals surface area contributed by atoms with E-state index in [4.69, 9.17) is 16.9 Å². The molecule has 5 heteroatoms. The van der Waals surface area contributed by atoms with Crippen molar-refractivity contribution >= 4 is 41.6 Å². The fourth-order valence-corrected chi connectivity index (χ4v) is 2.29. The lowest BCUT2D eigenvalue weighted by molar-refractivity contribution is 1.45. The van der Waals surface area contributed by atoms with Crippen LogP contribution in [0.1, 0.15) is 11.1 Å². The predicted octanol–water partition coefficient (Wildman–Crippen LogP) is 4.91. The molecule has 3 rings (SSSR count). The first kappa shape index (κ1) is 19.1. The molecule has 0 unspecified atom stereocenters. The predicted molar refractivity (Wildman–Crippen MR) is 116 cm³/mol. The van der Waals surface area contributed by atoms with Gasteiger partial charge in [-0.3, -0.25) is 0 Å². The van der Waals surface area contributed by atoms with Gasteiger partial charge in [0.1, 0.15) is 0 Å². The van der Waals surface area contributed by atoms with Gasteiger partial charge >= 0.3 is 0 Å². The Hall–Kier alpha value is -3.18. The first-order valence-electron chi connectivity index (χ1n) is 7.95. The minimum atomic E-state index is 0.571. The molecule has 0 amide bonds. The first-order chi connectivity index (χ1) is 12.5. The molecule has 0 aliphatic heterocycles. The topological polar surface area (TPSA) is 87.9 Å². The molecule has 6 N–H and O–H groups in total. The van der Waals surface area contributed by atoms with Gasteiger partial charge in [-0.25, -0.2) is 0 Å². The fraction of sp³-hybridized carbons (Fsp3) is 0. The highest BCUT2D eigenvalue weighted by Crippen LogP contribution is 2.21. The molecule has 0 fully saturated rings. The molecule has 0 heterocycles. The Morgan fingerprint density at radius 2 is 1.62 bits per heavy atom. The summed E-state index contributed by atoms with van der Waals surface area (Å²) in [5.41, 5.74) is 15.9. The van der Waals surface area contributed by atoms with Crippen LogP contribution < -0.4 is 16.8 Å². The summed E-state index contributed by atoms with van der Waals surface area (Å²) in [6, 6.07) is 22.7. The number of para-hydroxylation sites is 1. The number of rotatable bonds is 4. The Balaban J connectivity index is 0.000000290. The van der Waals surface area contributed by atoms with Crippen molar-refractivity contribution in [2.75, 3.05) is 16.8 Å². The van der Waals surface area contributed by atoms with Crippen LogP contribution in [0.3, 0.4) is 0 Å². The molecule has 0 atom stereocenters. The number of nitrogens with one attached hydrogen (secondary N) is 2. The van der Waals surface area contributed by atoms with Gasteiger partial charge in [-0.2, -0.15) is 0 Å². The maximum atomic E-state index is 7.21. The van der Waals surface area contributed by atoms with Crippen LogP contribution in [0.4, 0.5) is 17.1 Å². The second-order valence-corrected chi connectivity index (χ2v) is 6.07. The van der Waals surface area contributed by atoms with E-state index in [9.17, 15) is 0 Å². The molecule has 0 bridgehead atoms. The number of thiol groups is 1. The molecule has 132 valence electrons. The van der Waals surface area contributed by atoms with Crippen molar-refractivity contribution in [2.24, 2.45) is 0 Å². The Bertz CT molecular complexity index is 874. The maximum absolute atomic E-state index is 7.21. The van der Waals surface area contributed by atoms with Crippen molar-refractivity contribution < 1.29 is 0 Å². The third kappa shape index (κ3) is 5.72. The SMILES string of the molecule is C=C(Nc1ccc(S)cc1)c1ccc(C=N)c(N)c1.Nc1ccccc1. The van der Waals surface area contributed by atoms with Crippen LogP contribution >= 0.6 is 12.6 Å². The number of anilines is 3. The average Bonchev–Trinajstić information content (AvgIpc) is 2.64. The Morgan fingerprint density at radius 1 is 0.962 bits per heavy atom. The molecule has 3 aromatic rings. The minimum Gasteiger partial charge on any atom is -0.399 e. The van der Waals surface area contributed by atoms with Crippen LogP contribution in [0.5, 0.6) is 0 Å². The van der Waals surface area contributed by atoms with Crippen LogP contribution in [0, 0.1) is 5.41 Å². The van der Waals surface area contributed by atoms with Gasteiger partial charge in [0.25, 0.3) is 0 Å². The largest absolute Gasteiger partial charge is 0.399 e. The lowest BCUT2D eigenvalue weighted by Crippen LogP contribution is -2.00. The standard InChI is InChI=1S/C15H15N3S.C6H7N/c1-10(18-13-4-6-14(19)7-5-13)11-2-3-12(9-16)15(17)8-11;7-6-4-2-1-3-5-6/h2-9,16,18-19H,1,17H2;1-5H,7H2. The molecule has 3 aromatic carbocycles. The number of benzene rings is 3. The van der Waals surface area contributed by atoms with E-state index < -0.39 is 0 Å². The van der Waals surface area contributed by atoms with E-state index in [1.165, 1.54) is 6.21 Å². The zero-order chi connectivity index (χ0) is 18.9. The number of hydrogen-bond donors (Lipinski definition) is 5. The van der Waals surface area contributed by atoms with Crippen molar-refractivity contribution in [2.45, 2.75) is 4.90 Å². The van der Waals surface area contributed by atoms with Crippen LogP contribution in [0.2, 0.25) is 0 Å². The minimum absolute atomic E-state index is 0.571. The molecule has 0 saturated carbocycles. The summed E-state index contributed by atoms with van der Waals surface area (Å²) in [5, 5.41) is 10.4. The first-order valence-corrected chi connectivity index (χ1v) is 8.40. The second-order valence-electron chi connectivity index (χ2n) is 5.55. The average molecular weight is 363 g/mol. The quantitative estimate of drug-likeness (QED) is 0.260.